The third-order valence-corrected chi connectivity index (χ3v) is 4.63. The summed E-state index contributed by atoms with van der Waals surface area (Å²) in [5.74, 6) is 0.356. The number of likely N-dealkylation sites (tertiary alicyclic amines) is 1. The predicted molar refractivity (Wildman–Crippen MR) is 79.4 cm³/mol. The van der Waals surface area contributed by atoms with Crippen molar-refractivity contribution in [3.8, 4) is 0 Å². The summed E-state index contributed by atoms with van der Waals surface area (Å²) in [6, 6.07) is 0.311. The Hall–Kier alpha value is -1.40. The Balaban J connectivity index is 1.75. The number of morpholine rings is 1. The van der Waals surface area contributed by atoms with Crippen LogP contribution in [0.2, 0.25) is 0 Å². The molecule has 2 atom stereocenters. The lowest BCUT2D eigenvalue weighted by Gasteiger charge is -2.45. The average Bonchev–Trinajstić information content (AvgIpc) is 2.96. The van der Waals surface area contributed by atoms with Crippen LogP contribution >= 0.6 is 0 Å². The maximum atomic E-state index is 12.8. The van der Waals surface area contributed by atoms with Crippen LogP contribution in [0.4, 0.5) is 0 Å². The summed E-state index contributed by atoms with van der Waals surface area (Å²) in [6.07, 6.45) is 2.84. The van der Waals surface area contributed by atoms with E-state index >= 15 is 0 Å². The largest absolute Gasteiger partial charge is 0.375 e. The first-order chi connectivity index (χ1) is 10.1. The molecule has 21 heavy (non-hydrogen) atoms. The van der Waals surface area contributed by atoms with Crippen LogP contribution in [0.5, 0.6) is 0 Å². The number of hydrogen-bond donors (Lipinski definition) is 1. The Bertz CT molecular complexity index is 514. The Morgan fingerprint density at radius 2 is 2.29 bits per heavy atom. The van der Waals surface area contributed by atoms with Gasteiger partial charge in [-0.15, -0.1) is 0 Å². The number of nitrogens with zero attached hydrogens (tertiary/aromatic N) is 3. The minimum Gasteiger partial charge on any atom is -0.375 e. The van der Waals surface area contributed by atoms with E-state index in [1.807, 2.05) is 4.90 Å². The maximum Gasteiger partial charge on any atom is 0.257 e. The molecule has 2 aliphatic heterocycles. The van der Waals surface area contributed by atoms with Gasteiger partial charge < -0.3 is 9.64 Å². The molecule has 0 saturated carbocycles. The van der Waals surface area contributed by atoms with Crippen LogP contribution in [0, 0.1) is 0 Å². The monoisotopic (exact) mass is 292 g/mol. The van der Waals surface area contributed by atoms with E-state index in [2.05, 4.69) is 36.0 Å². The number of carbonyl (C=O) groups is 1. The summed E-state index contributed by atoms with van der Waals surface area (Å²) in [7, 11) is 2.12. The first-order valence-corrected chi connectivity index (χ1v) is 7.72. The van der Waals surface area contributed by atoms with Crippen molar-refractivity contribution >= 4 is 5.91 Å². The molecule has 2 aliphatic rings. The number of hydrogen-bond acceptors (Lipinski definition) is 4. The zero-order valence-electron chi connectivity index (χ0n) is 13.0. The molecule has 0 bridgehead atoms. The highest BCUT2D eigenvalue weighted by Crippen LogP contribution is 2.24. The Morgan fingerprint density at radius 1 is 1.48 bits per heavy atom. The zero-order chi connectivity index (χ0) is 15.0. The van der Waals surface area contributed by atoms with E-state index in [1.54, 1.807) is 6.20 Å². The molecule has 1 aromatic heterocycles. The van der Waals surface area contributed by atoms with Crippen molar-refractivity contribution in [3.63, 3.8) is 0 Å². The number of likely N-dealkylation sites (N-methyl/N-ethyl adjacent to an activating group) is 1. The number of rotatable bonds is 2. The molecule has 1 aromatic rings. The van der Waals surface area contributed by atoms with E-state index < -0.39 is 0 Å². The van der Waals surface area contributed by atoms with E-state index in [-0.39, 0.29) is 17.9 Å². The summed E-state index contributed by atoms with van der Waals surface area (Å²) in [5, 5.41) is 7.01. The molecular formula is C15H24N4O2. The fourth-order valence-electron chi connectivity index (χ4n) is 3.30. The number of nitrogens with one attached hydrogen (secondary N) is 1. The van der Waals surface area contributed by atoms with Crippen LogP contribution in [0.1, 0.15) is 42.2 Å². The second-order valence-electron chi connectivity index (χ2n) is 6.35. The highest BCUT2D eigenvalue weighted by Gasteiger charge is 2.37. The molecular weight excluding hydrogens is 268 g/mol. The number of aromatic amines is 1. The van der Waals surface area contributed by atoms with E-state index in [0.717, 1.165) is 38.4 Å². The number of amides is 1. The van der Waals surface area contributed by atoms with Gasteiger partial charge in [-0.05, 0) is 19.4 Å². The molecule has 2 fully saturated rings. The molecule has 2 saturated heterocycles. The van der Waals surface area contributed by atoms with Crippen LogP contribution in [0.15, 0.2) is 6.20 Å². The van der Waals surface area contributed by atoms with Crippen LogP contribution in [-0.4, -0.2) is 71.3 Å². The smallest absolute Gasteiger partial charge is 0.257 e. The standard InChI is InChI=1S/C15H24N4O2/c1-10(2)14-11(8-16-17-14)15(20)19-5-4-13-12(9-19)18(3)6-7-21-13/h8,10,12-13H,4-7,9H2,1-3H3,(H,16,17)/t12-,13+/m0/s1. The first-order valence-electron chi connectivity index (χ1n) is 7.72. The van der Waals surface area contributed by atoms with Crippen molar-refractivity contribution < 1.29 is 9.53 Å². The zero-order valence-corrected chi connectivity index (χ0v) is 13.0. The average molecular weight is 292 g/mol. The molecule has 0 aliphatic carbocycles. The molecule has 1 N–H and O–H groups in total. The number of piperidine rings is 1. The predicted octanol–water partition coefficient (Wildman–Crippen LogP) is 1.08. The quantitative estimate of drug-likeness (QED) is 0.886. The van der Waals surface area contributed by atoms with Gasteiger partial charge in [0.1, 0.15) is 0 Å². The number of aromatic nitrogens is 2. The minimum atomic E-state index is 0.0878. The van der Waals surface area contributed by atoms with Crippen LogP contribution in [0.25, 0.3) is 0 Å². The van der Waals surface area contributed by atoms with Crippen molar-refractivity contribution in [1.29, 1.82) is 0 Å². The van der Waals surface area contributed by atoms with Crippen LogP contribution < -0.4 is 0 Å². The maximum absolute atomic E-state index is 12.8. The van der Waals surface area contributed by atoms with Gasteiger partial charge in [0.25, 0.3) is 5.91 Å². The van der Waals surface area contributed by atoms with Crippen molar-refractivity contribution in [2.75, 3.05) is 33.3 Å². The fourth-order valence-corrected chi connectivity index (χ4v) is 3.30. The molecule has 0 spiro atoms. The number of carbonyl (C=O) groups excluding carboxylic acids is 1. The van der Waals surface area contributed by atoms with E-state index in [9.17, 15) is 4.79 Å². The summed E-state index contributed by atoms with van der Waals surface area (Å²) >= 11 is 0. The molecule has 6 heteroatoms. The molecule has 3 rings (SSSR count). The second kappa shape index (κ2) is 5.77. The van der Waals surface area contributed by atoms with Gasteiger partial charge in [0.2, 0.25) is 0 Å². The van der Waals surface area contributed by atoms with Crippen molar-refractivity contribution in [2.45, 2.75) is 38.3 Å². The Labute approximate surface area is 125 Å². The minimum absolute atomic E-state index is 0.0878. The number of ether oxygens (including phenoxy) is 1. The van der Waals surface area contributed by atoms with E-state index in [0.29, 0.717) is 11.6 Å². The van der Waals surface area contributed by atoms with Gasteiger partial charge in [-0.2, -0.15) is 5.10 Å². The van der Waals surface area contributed by atoms with Gasteiger partial charge in [0, 0.05) is 19.6 Å². The van der Waals surface area contributed by atoms with Crippen LogP contribution in [-0.2, 0) is 4.74 Å². The lowest BCUT2D eigenvalue weighted by Crippen LogP contribution is -2.59. The Morgan fingerprint density at radius 3 is 3.05 bits per heavy atom. The van der Waals surface area contributed by atoms with Gasteiger partial charge in [-0.25, -0.2) is 0 Å². The lowest BCUT2D eigenvalue weighted by atomic mass is 9.98. The Kier molecular flexibility index (Phi) is 3.99. The van der Waals surface area contributed by atoms with Gasteiger partial charge in [0.15, 0.2) is 0 Å². The highest BCUT2D eigenvalue weighted by molar-refractivity contribution is 5.95. The molecule has 6 nitrogen and oxygen atoms in total. The van der Waals surface area contributed by atoms with Gasteiger partial charge in [0.05, 0.1) is 36.2 Å². The fraction of sp³-hybridized carbons (Fsp3) is 0.733. The molecule has 116 valence electrons. The highest BCUT2D eigenvalue weighted by atomic mass is 16.5. The van der Waals surface area contributed by atoms with Gasteiger partial charge in [-0.3, -0.25) is 14.8 Å². The lowest BCUT2D eigenvalue weighted by molar-refractivity contribution is -0.0893. The number of H-pyrrole nitrogens is 1. The van der Waals surface area contributed by atoms with E-state index in [4.69, 9.17) is 4.74 Å². The molecule has 3 heterocycles. The van der Waals surface area contributed by atoms with E-state index in [1.165, 1.54) is 0 Å². The third kappa shape index (κ3) is 2.70. The summed E-state index contributed by atoms with van der Waals surface area (Å²) in [4.78, 5) is 17.0. The van der Waals surface area contributed by atoms with Crippen LogP contribution in [0.3, 0.4) is 0 Å². The summed E-state index contributed by atoms with van der Waals surface area (Å²) in [5.41, 5.74) is 1.64. The van der Waals surface area contributed by atoms with Crippen molar-refractivity contribution in [3.05, 3.63) is 17.5 Å². The summed E-state index contributed by atoms with van der Waals surface area (Å²) in [6.45, 7) is 7.37. The van der Waals surface area contributed by atoms with Crippen molar-refractivity contribution in [1.82, 2.24) is 20.0 Å². The third-order valence-electron chi connectivity index (χ3n) is 4.63. The van der Waals surface area contributed by atoms with Gasteiger partial charge >= 0.3 is 0 Å². The summed E-state index contributed by atoms with van der Waals surface area (Å²) < 4.78 is 5.83. The first kappa shape index (κ1) is 14.5. The number of fused-ring (bicyclic) bond motifs is 1. The molecule has 1 amide bonds. The SMILES string of the molecule is CC(C)c1[nH]ncc1C(=O)N1CC[C@H]2OCCN(C)[C@H]2C1. The molecule has 0 aromatic carbocycles. The van der Waals surface area contributed by atoms with Crippen molar-refractivity contribution in [2.24, 2.45) is 0 Å². The second-order valence-corrected chi connectivity index (χ2v) is 6.35. The normalized spacial score (nSPS) is 27.0. The van der Waals surface area contributed by atoms with Gasteiger partial charge in [-0.1, -0.05) is 13.8 Å². The topological polar surface area (TPSA) is 61.5 Å². The molecule has 0 radical (unpaired) electrons. The molecule has 0 unspecified atom stereocenters.